The van der Waals surface area contributed by atoms with E-state index < -0.39 is 12.5 Å². The largest absolute Gasteiger partial charge is 0.480 e. The summed E-state index contributed by atoms with van der Waals surface area (Å²) in [7, 11) is 3.27. The molecule has 0 spiro atoms. The molecule has 0 unspecified atom stereocenters. The van der Waals surface area contributed by atoms with E-state index in [1.807, 2.05) is 0 Å². The number of rotatable bonds is 3. The van der Waals surface area contributed by atoms with Crippen LogP contribution in [0.3, 0.4) is 0 Å². The Morgan fingerprint density at radius 3 is 2.70 bits per heavy atom. The summed E-state index contributed by atoms with van der Waals surface area (Å²) in [6, 6.07) is 5.01. The minimum absolute atomic E-state index is 0.189. The Morgan fingerprint density at radius 2 is 2.10 bits per heavy atom. The number of hydrogen-bond donors (Lipinski definition) is 1. The van der Waals surface area contributed by atoms with Crippen LogP contribution in [0.25, 0.3) is 0 Å². The fourth-order valence-electron chi connectivity index (χ4n) is 1.90. The first kappa shape index (κ1) is 14.4. The maximum Gasteiger partial charge on any atom is 0.323 e. The van der Waals surface area contributed by atoms with Gasteiger partial charge in [0.15, 0.2) is 0 Å². The SMILES string of the molecule is CN(C)C(=O)c1ccc2c(c1)N(CC(=O)O)C(=O)CS2. The Labute approximate surface area is 120 Å². The van der Waals surface area contributed by atoms with Crippen molar-refractivity contribution in [3.63, 3.8) is 0 Å². The summed E-state index contributed by atoms with van der Waals surface area (Å²) >= 11 is 1.35. The van der Waals surface area contributed by atoms with Gasteiger partial charge in [0.2, 0.25) is 5.91 Å². The topological polar surface area (TPSA) is 77.9 Å². The fourth-order valence-corrected chi connectivity index (χ4v) is 2.82. The molecule has 1 aromatic carbocycles. The molecule has 106 valence electrons. The van der Waals surface area contributed by atoms with Crippen molar-refractivity contribution in [1.82, 2.24) is 4.90 Å². The highest BCUT2D eigenvalue weighted by molar-refractivity contribution is 8.00. The summed E-state index contributed by atoms with van der Waals surface area (Å²) in [5.74, 6) is -1.33. The zero-order chi connectivity index (χ0) is 14.9. The maximum atomic E-state index is 11.9. The third-order valence-electron chi connectivity index (χ3n) is 2.85. The monoisotopic (exact) mass is 294 g/mol. The van der Waals surface area contributed by atoms with Crippen molar-refractivity contribution < 1.29 is 19.5 Å². The van der Waals surface area contributed by atoms with Crippen molar-refractivity contribution in [3.8, 4) is 0 Å². The van der Waals surface area contributed by atoms with Crippen molar-refractivity contribution in [3.05, 3.63) is 23.8 Å². The summed E-state index contributed by atoms with van der Waals surface area (Å²) < 4.78 is 0. The highest BCUT2D eigenvalue weighted by Crippen LogP contribution is 2.36. The van der Waals surface area contributed by atoms with E-state index in [0.717, 1.165) is 4.90 Å². The second-order valence-electron chi connectivity index (χ2n) is 4.54. The lowest BCUT2D eigenvalue weighted by atomic mass is 10.1. The third-order valence-corrected chi connectivity index (χ3v) is 3.90. The summed E-state index contributed by atoms with van der Waals surface area (Å²) in [5.41, 5.74) is 0.917. The number of carboxylic acid groups (broad SMARTS) is 1. The van der Waals surface area contributed by atoms with Gasteiger partial charge in [-0.15, -0.1) is 11.8 Å². The molecule has 0 radical (unpaired) electrons. The van der Waals surface area contributed by atoms with Gasteiger partial charge in [0, 0.05) is 24.6 Å². The quantitative estimate of drug-likeness (QED) is 0.896. The molecule has 1 N–H and O–H groups in total. The number of carboxylic acids is 1. The third kappa shape index (κ3) is 2.77. The van der Waals surface area contributed by atoms with Crippen LogP contribution in [0.5, 0.6) is 0 Å². The number of benzene rings is 1. The van der Waals surface area contributed by atoms with Gasteiger partial charge in [0.25, 0.3) is 5.91 Å². The van der Waals surface area contributed by atoms with Crippen molar-refractivity contribution in [2.24, 2.45) is 0 Å². The van der Waals surface area contributed by atoms with Crippen LogP contribution in [0.4, 0.5) is 5.69 Å². The smallest absolute Gasteiger partial charge is 0.323 e. The molecule has 1 aliphatic heterocycles. The first-order valence-corrected chi connectivity index (χ1v) is 6.89. The lowest BCUT2D eigenvalue weighted by Gasteiger charge is -2.28. The van der Waals surface area contributed by atoms with E-state index >= 15 is 0 Å². The van der Waals surface area contributed by atoms with E-state index in [1.54, 1.807) is 32.3 Å². The first-order valence-electron chi connectivity index (χ1n) is 5.91. The maximum absolute atomic E-state index is 11.9. The molecule has 1 aliphatic rings. The molecule has 2 rings (SSSR count). The average molecular weight is 294 g/mol. The molecule has 0 atom stereocenters. The van der Waals surface area contributed by atoms with Gasteiger partial charge in [-0.25, -0.2) is 0 Å². The van der Waals surface area contributed by atoms with Crippen molar-refractivity contribution in [2.75, 3.05) is 31.3 Å². The second kappa shape index (κ2) is 5.54. The van der Waals surface area contributed by atoms with Crippen LogP contribution in [-0.2, 0) is 9.59 Å². The van der Waals surface area contributed by atoms with Crippen LogP contribution in [0.15, 0.2) is 23.1 Å². The van der Waals surface area contributed by atoms with Gasteiger partial charge in [0.05, 0.1) is 11.4 Å². The number of anilines is 1. The van der Waals surface area contributed by atoms with Gasteiger partial charge in [-0.05, 0) is 18.2 Å². The van der Waals surface area contributed by atoms with E-state index in [9.17, 15) is 14.4 Å². The van der Waals surface area contributed by atoms with Crippen LogP contribution < -0.4 is 4.90 Å². The summed E-state index contributed by atoms with van der Waals surface area (Å²) in [6.07, 6.45) is 0. The lowest BCUT2D eigenvalue weighted by Crippen LogP contribution is -2.39. The summed E-state index contributed by atoms with van der Waals surface area (Å²) in [5, 5.41) is 8.90. The average Bonchev–Trinajstić information content (AvgIpc) is 2.40. The number of carbonyl (C=O) groups excluding carboxylic acids is 2. The molecule has 0 fully saturated rings. The van der Waals surface area contributed by atoms with Gasteiger partial charge in [-0.2, -0.15) is 0 Å². The predicted molar refractivity (Wildman–Crippen MR) is 75.2 cm³/mol. The van der Waals surface area contributed by atoms with Crippen molar-refractivity contribution in [2.45, 2.75) is 4.90 Å². The number of amides is 2. The van der Waals surface area contributed by atoms with Gasteiger partial charge < -0.3 is 10.0 Å². The molecule has 20 heavy (non-hydrogen) atoms. The van der Waals surface area contributed by atoms with Crippen LogP contribution in [0.2, 0.25) is 0 Å². The fraction of sp³-hybridized carbons (Fsp3) is 0.308. The number of thioether (sulfide) groups is 1. The van der Waals surface area contributed by atoms with Crippen LogP contribution in [0.1, 0.15) is 10.4 Å². The molecule has 0 saturated heterocycles. The molecule has 0 aliphatic carbocycles. The van der Waals surface area contributed by atoms with Gasteiger partial charge in [-0.1, -0.05) is 0 Å². The Bertz CT molecular complexity index is 586. The second-order valence-corrected chi connectivity index (χ2v) is 5.56. The molecule has 6 nitrogen and oxygen atoms in total. The Morgan fingerprint density at radius 1 is 1.40 bits per heavy atom. The first-order chi connectivity index (χ1) is 9.40. The molecule has 7 heteroatoms. The predicted octanol–water partition coefficient (Wildman–Crippen LogP) is 0.912. The van der Waals surface area contributed by atoms with Crippen LogP contribution in [-0.4, -0.2) is 54.2 Å². The minimum Gasteiger partial charge on any atom is -0.480 e. The highest BCUT2D eigenvalue weighted by atomic mass is 32.2. The van der Waals surface area contributed by atoms with E-state index in [4.69, 9.17) is 5.11 Å². The summed E-state index contributed by atoms with van der Waals surface area (Å²) in [4.78, 5) is 38.1. The van der Waals surface area contributed by atoms with Crippen LogP contribution in [0, 0.1) is 0 Å². The van der Waals surface area contributed by atoms with E-state index in [2.05, 4.69) is 0 Å². The Kier molecular flexibility index (Phi) is 3.99. The Hall–Kier alpha value is -2.02. The Balaban J connectivity index is 2.43. The molecule has 0 saturated carbocycles. The molecular formula is C13H14N2O4S. The number of aliphatic carboxylic acids is 1. The summed E-state index contributed by atoms with van der Waals surface area (Å²) in [6.45, 7) is -0.397. The zero-order valence-electron chi connectivity index (χ0n) is 11.1. The molecule has 2 amide bonds. The van der Waals surface area contributed by atoms with E-state index in [1.165, 1.54) is 21.6 Å². The molecule has 1 heterocycles. The van der Waals surface area contributed by atoms with Crippen molar-refractivity contribution in [1.29, 1.82) is 0 Å². The van der Waals surface area contributed by atoms with Gasteiger partial charge in [-0.3, -0.25) is 19.3 Å². The van der Waals surface area contributed by atoms with Gasteiger partial charge >= 0.3 is 5.97 Å². The van der Waals surface area contributed by atoms with Crippen LogP contribution >= 0.6 is 11.8 Å². The number of carbonyl (C=O) groups is 3. The standard InChI is InChI=1S/C13H14N2O4S/c1-14(2)13(19)8-3-4-10-9(5-8)15(6-12(17)18)11(16)7-20-10/h3-5H,6-7H2,1-2H3,(H,17,18). The van der Waals surface area contributed by atoms with E-state index in [-0.39, 0.29) is 17.6 Å². The molecule has 0 aromatic heterocycles. The number of nitrogens with zero attached hydrogens (tertiary/aromatic N) is 2. The number of hydrogen-bond acceptors (Lipinski definition) is 4. The van der Waals surface area contributed by atoms with E-state index in [0.29, 0.717) is 11.3 Å². The van der Waals surface area contributed by atoms with Gasteiger partial charge in [0.1, 0.15) is 6.54 Å². The molecule has 1 aromatic rings. The van der Waals surface area contributed by atoms with Crippen molar-refractivity contribution >= 4 is 35.2 Å². The lowest BCUT2D eigenvalue weighted by molar-refractivity contribution is -0.136. The normalized spacial score (nSPS) is 13.9. The minimum atomic E-state index is -1.08. The number of fused-ring (bicyclic) bond motifs is 1. The molecular weight excluding hydrogens is 280 g/mol. The zero-order valence-corrected chi connectivity index (χ0v) is 11.9. The highest BCUT2D eigenvalue weighted by Gasteiger charge is 2.27. The molecule has 0 bridgehead atoms.